The van der Waals surface area contributed by atoms with E-state index in [9.17, 15) is 0 Å². The Morgan fingerprint density at radius 2 is 1.71 bits per heavy atom. The van der Waals surface area contributed by atoms with E-state index in [0.29, 0.717) is 5.92 Å². The van der Waals surface area contributed by atoms with Gasteiger partial charge in [0.05, 0.1) is 19.5 Å². The van der Waals surface area contributed by atoms with Gasteiger partial charge in [-0.05, 0) is 41.8 Å². The first-order chi connectivity index (χ1) is 11.7. The second kappa shape index (κ2) is 7.54. The molecular weight excluding hydrogens is 320 g/mol. The molecule has 0 aliphatic heterocycles. The van der Waals surface area contributed by atoms with Gasteiger partial charge in [-0.15, -0.1) is 0 Å². The fourth-order valence-electron chi connectivity index (χ4n) is 3.20. The molecule has 0 spiro atoms. The Morgan fingerprint density at radius 1 is 1.04 bits per heavy atom. The van der Waals surface area contributed by atoms with E-state index >= 15 is 0 Å². The van der Waals surface area contributed by atoms with Crippen molar-refractivity contribution in [2.45, 2.75) is 25.3 Å². The molecule has 0 aliphatic carbocycles. The number of halogens is 1. The minimum Gasteiger partial charge on any atom is -0.497 e. The summed E-state index contributed by atoms with van der Waals surface area (Å²) in [6.07, 6.45) is 6.74. The molecule has 0 N–H and O–H groups in total. The molecule has 124 valence electrons. The van der Waals surface area contributed by atoms with Crippen LogP contribution in [-0.2, 0) is 0 Å². The third kappa shape index (κ3) is 3.46. The van der Waals surface area contributed by atoms with Crippen LogP contribution in [0.5, 0.6) is 5.75 Å². The van der Waals surface area contributed by atoms with Crippen LogP contribution in [0, 0.1) is 0 Å². The van der Waals surface area contributed by atoms with Gasteiger partial charge in [0.1, 0.15) is 5.75 Å². The van der Waals surface area contributed by atoms with Gasteiger partial charge in [-0.25, -0.2) is 4.98 Å². The van der Waals surface area contributed by atoms with E-state index in [0.717, 1.165) is 17.2 Å². The minimum absolute atomic E-state index is 0.171. The fraction of sp³-hybridized carbons (Fsp3) is 0.250. The third-order valence-electron chi connectivity index (χ3n) is 4.42. The molecular formula is C20H21ClN2O. The number of benzene rings is 2. The summed E-state index contributed by atoms with van der Waals surface area (Å²) < 4.78 is 7.46. The highest BCUT2D eigenvalue weighted by Crippen LogP contribution is 2.37. The highest BCUT2D eigenvalue weighted by Gasteiger charge is 2.25. The SMILES string of the molecule is CCC(c1ccc(Cl)cc1)C(c1ccc(OC)cc1)n1ccnc1. The second-order valence-electron chi connectivity index (χ2n) is 5.79. The number of ether oxygens (including phenoxy) is 1. The first-order valence-electron chi connectivity index (χ1n) is 8.09. The van der Waals surface area contributed by atoms with Crippen LogP contribution in [0.1, 0.15) is 36.4 Å². The smallest absolute Gasteiger partial charge is 0.118 e. The number of nitrogens with zero attached hydrogens (tertiary/aromatic N) is 2. The highest BCUT2D eigenvalue weighted by atomic mass is 35.5. The van der Waals surface area contributed by atoms with E-state index in [2.05, 4.69) is 40.7 Å². The first kappa shape index (κ1) is 16.6. The maximum atomic E-state index is 6.06. The predicted octanol–water partition coefficient (Wildman–Crippen LogP) is 5.33. The van der Waals surface area contributed by atoms with E-state index in [1.165, 1.54) is 11.1 Å². The van der Waals surface area contributed by atoms with Crippen LogP contribution in [0.3, 0.4) is 0 Å². The summed E-state index contributed by atoms with van der Waals surface area (Å²) >= 11 is 6.06. The lowest BCUT2D eigenvalue weighted by molar-refractivity contribution is 0.413. The molecule has 0 amide bonds. The maximum absolute atomic E-state index is 6.06. The van der Waals surface area contributed by atoms with Crippen molar-refractivity contribution in [1.29, 1.82) is 0 Å². The molecule has 1 heterocycles. The minimum atomic E-state index is 0.171. The summed E-state index contributed by atoms with van der Waals surface area (Å²) in [5.41, 5.74) is 2.51. The molecule has 2 unspecified atom stereocenters. The Balaban J connectivity index is 2.04. The van der Waals surface area contributed by atoms with Crippen molar-refractivity contribution < 1.29 is 4.74 Å². The van der Waals surface area contributed by atoms with E-state index in [1.807, 2.05) is 43.0 Å². The van der Waals surface area contributed by atoms with Gasteiger partial charge in [-0.1, -0.05) is 42.8 Å². The van der Waals surface area contributed by atoms with E-state index in [4.69, 9.17) is 16.3 Å². The van der Waals surface area contributed by atoms with Crippen LogP contribution < -0.4 is 4.74 Å². The van der Waals surface area contributed by atoms with Crippen LogP contribution in [0.15, 0.2) is 67.3 Å². The topological polar surface area (TPSA) is 27.1 Å². The third-order valence-corrected chi connectivity index (χ3v) is 4.67. The molecule has 2 atom stereocenters. The predicted molar refractivity (Wildman–Crippen MR) is 97.8 cm³/mol. The van der Waals surface area contributed by atoms with Crippen LogP contribution in [0.4, 0.5) is 0 Å². The van der Waals surface area contributed by atoms with Crippen molar-refractivity contribution in [2.24, 2.45) is 0 Å². The Labute approximate surface area is 147 Å². The van der Waals surface area contributed by atoms with Crippen molar-refractivity contribution in [2.75, 3.05) is 7.11 Å². The van der Waals surface area contributed by atoms with Gasteiger partial charge in [0.2, 0.25) is 0 Å². The molecule has 0 fully saturated rings. The maximum Gasteiger partial charge on any atom is 0.118 e. The van der Waals surface area contributed by atoms with Gasteiger partial charge in [0, 0.05) is 23.3 Å². The number of methoxy groups -OCH3 is 1. The summed E-state index contributed by atoms with van der Waals surface area (Å²) in [6.45, 7) is 2.22. The van der Waals surface area contributed by atoms with E-state index in [-0.39, 0.29) is 6.04 Å². The monoisotopic (exact) mass is 340 g/mol. The number of hydrogen-bond acceptors (Lipinski definition) is 2. The zero-order valence-electron chi connectivity index (χ0n) is 13.9. The average Bonchev–Trinajstić information content (AvgIpc) is 3.15. The van der Waals surface area contributed by atoms with Crippen molar-refractivity contribution in [3.05, 3.63) is 83.4 Å². The molecule has 0 bridgehead atoms. The molecule has 3 aromatic rings. The zero-order chi connectivity index (χ0) is 16.9. The first-order valence-corrected chi connectivity index (χ1v) is 8.47. The normalized spacial score (nSPS) is 13.5. The lowest BCUT2D eigenvalue weighted by Crippen LogP contribution is -2.18. The molecule has 0 radical (unpaired) electrons. The van der Waals surface area contributed by atoms with Gasteiger partial charge in [0.25, 0.3) is 0 Å². The molecule has 0 aliphatic rings. The lowest BCUT2D eigenvalue weighted by atomic mass is 9.85. The zero-order valence-corrected chi connectivity index (χ0v) is 14.6. The summed E-state index contributed by atoms with van der Waals surface area (Å²) in [7, 11) is 1.69. The Hall–Kier alpha value is -2.26. The molecule has 3 nitrogen and oxygen atoms in total. The Morgan fingerprint density at radius 3 is 2.25 bits per heavy atom. The van der Waals surface area contributed by atoms with E-state index in [1.54, 1.807) is 7.11 Å². The van der Waals surface area contributed by atoms with Crippen molar-refractivity contribution in [3.8, 4) is 5.75 Å². The summed E-state index contributed by atoms with van der Waals surface area (Å²) in [4.78, 5) is 4.24. The largest absolute Gasteiger partial charge is 0.497 e. The van der Waals surface area contributed by atoms with Gasteiger partial charge < -0.3 is 9.30 Å². The second-order valence-corrected chi connectivity index (χ2v) is 6.23. The van der Waals surface area contributed by atoms with Crippen LogP contribution in [-0.4, -0.2) is 16.7 Å². The van der Waals surface area contributed by atoms with Crippen LogP contribution in [0.25, 0.3) is 0 Å². The molecule has 2 aromatic carbocycles. The molecule has 4 heteroatoms. The standard InChI is InChI=1S/C20H21ClN2O/c1-3-19(15-4-8-17(21)9-5-15)20(23-13-12-22-14-23)16-6-10-18(24-2)11-7-16/h4-14,19-20H,3H2,1-2H3. The Bertz CT molecular complexity index is 751. The van der Waals surface area contributed by atoms with Crippen LogP contribution >= 0.6 is 11.6 Å². The van der Waals surface area contributed by atoms with Gasteiger partial charge in [0.15, 0.2) is 0 Å². The number of aromatic nitrogens is 2. The number of imidazole rings is 1. The summed E-state index contributed by atoms with van der Waals surface area (Å²) in [5, 5.41) is 0.761. The average molecular weight is 341 g/mol. The van der Waals surface area contributed by atoms with Crippen LogP contribution in [0.2, 0.25) is 5.02 Å². The molecule has 3 rings (SSSR count). The van der Waals surface area contributed by atoms with Gasteiger partial charge >= 0.3 is 0 Å². The molecule has 0 saturated heterocycles. The summed E-state index contributed by atoms with van der Waals surface area (Å²) in [5.74, 6) is 1.19. The molecule has 0 saturated carbocycles. The molecule has 24 heavy (non-hydrogen) atoms. The Kier molecular flexibility index (Phi) is 5.21. The van der Waals surface area contributed by atoms with Crippen molar-refractivity contribution in [3.63, 3.8) is 0 Å². The van der Waals surface area contributed by atoms with Gasteiger partial charge in [-0.2, -0.15) is 0 Å². The van der Waals surface area contributed by atoms with E-state index < -0.39 is 0 Å². The lowest BCUT2D eigenvalue weighted by Gasteiger charge is -2.28. The van der Waals surface area contributed by atoms with Gasteiger partial charge in [-0.3, -0.25) is 0 Å². The quantitative estimate of drug-likeness (QED) is 0.606. The van der Waals surface area contributed by atoms with Crippen molar-refractivity contribution in [1.82, 2.24) is 9.55 Å². The number of hydrogen-bond donors (Lipinski definition) is 0. The molecule has 1 aromatic heterocycles. The van der Waals surface area contributed by atoms with Crippen molar-refractivity contribution >= 4 is 11.6 Å². The summed E-state index contributed by atoms with van der Waals surface area (Å²) in [6, 6.07) is 16.6. The fourth-order valence-corrected chi connectivity index (χ4v) is 3.32. The number of rotatable bonds is 6. The highest BCUT2D eigenvalue weighted by molar-refractivity contribution is 6.30.